The molecule has 1 aliphatic rings. The molecule has 0 radical (unpaired) electrons. The van der Waals surface area contributed by atoms with Gasteiger partial charge >= 0.3 is 0 Å². The average molecular weight is 236 g/mol. The predicted molar refractivity (Wildman–Crippen MR) is 69.6 cm³/mol. The van der Waals surface area contributed by atoms with Crippen LogP contribution >= 0.6 is 0 Å². The Balaban J connectivity index is 2.02. The van der Waals surface area contributed by atoms with E-state index in [1.54, 1.807) is 0 Å². The van der Waals surface area contributed by atoms with Crippen LogP contribution in [0.2, 0.25) is 0 Å². The molecular formula is C14H24N2O. The van der Waals surface area contributed by atoms with Gasteiger partial charge in [-0.05, 0) is 37.8 Å². The van der Waals surface area contributed by atoms with Gasteiger partial charge in [0.25, 0.3) is 0 Å². The van der Waals surface area contributed by atoms with E-state index in [1.807, 2.05) is 6.92 Å². The van der Waals surface area contributed by atoms with Gasteiger partial charge in [-0.25, -0.2) is 0 Å². The maximum atomic E-state index is 5.61. The van der Waals surface area contributed by atoms with Crippen molar-refractivity contribution in [2.24, 2.45) is 11.1 Å². The fourth-order valence-corrected chi connectivity index (χ4v) is 2.77. The summed E-state index contributed by atoms with van der Waals surface area (Å²) in [5, 5.41) is 0. The molecule has 0 aromatic carbocycles. The highest BCUT2D eigenvalue weighted by Crippen LogP contribution is 2.29. The van der Waals surface area contributed by atoms with E-state index >= 15 is 0 Å². The van der Waals surface area contributed by atoms with Crippen molar-refractivity contribution in [3.63, 3.8) is 0 Å². The topological polar surface area (TPSA) is 42.4 Å². The summed E-state index contributed by atoms with van der Waals surface area (Å²) in [5.74, 6) is 1.92. The Kier molecular flexibility index (Phi) is 3.59. The van der Waals surface area contributed by atoms with Crippen LogP contribution in [-0.2, 0) is 13.1 Å². The molecule has 17 heavy (non-hydrogen) atoms. The molecule has 0 unspecified atom stereocenters. The van der Waals surface area contributed by atoms with E-state index in [-0.39, 0.29) is 0 Å². The second-order valence-corrected chi connectivity index (χ2v) is 5.98. The third kappa shape index (κ3) is 3.11. The Morgan fingerprint density at radius 2 is 2.24 bits per heavy atom. The van der Waals surface area contributed by atoms with Crippen molar-refractivity contribution in [1.29, 1.82) is 0 Å². The summed E-state index contributed by atoms with van der Waals surface area (Å²) >= 11 is 0. The molecule has 0 atom stereocenters. The number of nitrogens with two attached hydrogens (primary N) is 1. The Hall–Kier alpha value is -0.800. The molecule has 1 aromatic rings. The molecule has 2 N–H and O–H groups in total. The fourth-order valence-electron chi connectivity index (χ4n) is 2.77. The monoisotopic (exact) mass is 236 g/mol. The largest absolute Gasteiger partial charge is 0.465 e. The van der Waals surface area contributed by atoms with E-state index in [4.69, 9.17) is 10.2 Å². The maximum Gasteiger partial charge on any atom is 0.118 e. The molecule has 3 heteroatoms. The van der Waals surface area contributed by atoms with E-state index in [0.29, 0.717) is 12.0 Å². The van der Waals surface area contributed by atoms with Crippen molar-refractivity contribution in [2.75, 3.05) is 13.1 Å². The number of aryl methyl sites for hydroxylation is 1. The molecule has 96 valence electrons. The zero-order chi connectivity index (χ0) is 12.5. The number of hydrogen-bond acceptors (Lipinski definition) is 3. The summed E-state index contributed by atoms with van der Waals surface area (Å²) in [6.45, 7) is 10.6. The smallest absolute Gasteiger partial charge is 0.118 e. The molecule has 0 saturated carbocycles. The zero-order valence-electron chi connectivity index (χ0n) is 11.3. The van der Waals surface area contributed by atoms with Crippen molar-refractivity contribution in [2.45, 2.75) is 46.7 Å². The third-order valence-electron chi connectivity index (χ3n) is 3.65. The highest BCUT2D eigenvalue weighted by atomic mass is 16.3. The first-order chi connectivity index (χ1) is 8.00. The SMILES string of the molecule is Cc1oc(CN)cc1CN1CCCC(C)(C)C1. The second-order valence-electron chi connectivity index (χ2n) is 5.98. The van der Waals surface area contributed by atoms with Crippen LogP contribution in [0.4, 0.5) is 0 Å². The highest BCUT2D eigenvalue weighted by molar-refractivity contribution is 5.20. The molecule has 0 aliphatic carbocycles. The Morgan fingerprint density at radius 3 is 2.82 bits per heavy atom. The first-order valence-corrected chi connectivity index (χ1v) is 6.51. The minimum atomic E-state index is 0.451. The molecule has 2 rings (SSSR count). The summed E-state index contributed by atoms with van der Waals surface area (Å²) in [6, 6.07) is 2.11. The lowest BCUT2D eigenvalue weighted by molar-refractivity contribution is 0.111. The predicted octanol–water partition coefficient (Wildman–Crippen LogP) is 2.67. The normalized spacial score (nSPS) is 20.7. The Morgan fingerprint density at radius 1 is 1.47 bits per heavy atom. The van der Waals surface area contributed by atoms with Crippen molar-refractivity contribution >= 4 is 0 Å². The summed E-state index contributed by atoms with van der Waals surface area (Å²) in [5.41, 5.74) is 7.35. The van der Waals surface area contributed by atoms with Crippen LogP contribution in [0.1, 0.15) is 43.8 Å². The molecule has 0 bridgehead atoms. The second kappa shape index (κ2) is 4.83. The van der Waals surface area contributed by atoms with Gasteiger partial charge in [-0.15, -0.1) is 0 Å². The first-order valence-electron chi connectivity index (χ1n) is 6.51. The van der Waals surface area contributed by atoms with Crippen molar-refractivity contribution in [3.8, 4) is 0 Å². The number of hydrogen-bond donors (Lipinski definition) is 1. The molecule has 1 fully saturated rings. The molecule has 2 heterocycles. The Bertz CT molecular complexity index is 382. The number of likely N-dealkylation sites (tertiary alicyclic amines) is 1. The van der Waals surface area contributed by atoms with Crippen LogP contribution in [-0.4, -0.2) is 18.0 Å². The molecule has 1 aromatic heterocycles. The van der Waals surface area contributed by atoms with E-state index in [9.17, 15) is 0 Å². The molecule has 0 spiro atoms. The van der Waals surface area contributed by atoms with Crippen molar-refractivity contribution < 1.29 is 4.42 Å². The summed E-state index contributed by atoms with van der Waals surface area (Å²) in [7, 11) is 0. The van der Waals surface area contributed by atoms with Gasteiger partial charge in [0.15, 0.2) is 0 Å². The van der Waals surface area contributed by atoms with E-state index in [0.717, 1.165) is 18.1 Å². The highest BCUT2D eigenvalue weighted by Gasteiger charge is 2.26. The first kappa shape index (κ1) is 12.7. The lowest BCUT2D eigenvalue weighted by Crippen LogP contribution is -2.39. The molecule has 1 aliphatic heterocycles. The lowest BCUT2D eigenvalue weighted by Gasteiger charge is -2.37. The summed E-state index contributed by atoms with van der Waals surface area (Å²) in [4.78, 5) is 2.53. The van der Waals surface area contributed by atoms with Gasteiger partial charge in [0.05, 0.1) is 6.54 Å². The van der Waals surface area contributed by atoms with Crippen LogP contribution in [0.5, 0.6) is 0 Å². The molecule has 0 amide bonds. The van der Waals surface area contributed by atoms with Crippen LogP contribution in [0, 0.1) is 12.3 Å². The Labute approximate surface area is 104 Å². The van der Waals surface area contributed by atoms with Gasteiger partial charge < -0.3 is 10.2 Å². The van der Waals surface area contributed by atoms with Crippen LogP contribution in [0.25, 0.3) is 0 Å². The van der Waals surface area contributed by atoms with Gasteiger partial charge in [0.1, 0.15) is 11.5 Å². The van der Waals surface area contributed by atoms with E-state index < -0.39 is 0 Å². The van der Waals surface area contributed by atoms with Gasteiger partial charge in [-0.2, -0.15) is 0 Å². The van der Waals surface area contributed by atoms with E-state index in [1.165, 1.54) is 31.5 Å². The molecular weight excluding hydrogens is 212 g/mol. The van der Waals surface area contributed by atoms with Gasteiger partial charge in [0, 0.05) is 18.7 Å². The summed E-state index contributed by atoms with van der Waals surface area (Å²) < 4.78 is 5.61. The van der Waals surface area contributed by atoms with Crippen LogP contribution in [0.15, 0.2) is 10.5 Å². The van der Waals surface area contributed by atoms with Gasteiger partial charge in [0.2, 0.25) is 0 Å². The van der Waals surface area contributed by atoms with Gasteiger partial charge in [-0.1, -0.05) is 13.8 Å². The maximum absolute atomic E-state index is 5.61. The fraction of sp³-hybridized carbons (Fsp3) is 0.714. The van der Waals surface area contributed by atoms with Crippen LogP contribution in [0.3, 0.4) is 0 Å². The molecule has 1 saturated heterocycles. The third-order valence-corrected chi connectivity index (χ3v) is 3.65. The summed E-state index contributed by atoms with van der Waals surface area (Å²) in [6.07, 6.45) is 2.63. The van der Waals surface area contributed by atoms with Gasteiger partial charge in [-0.3, -0.25) is 4.90 Å². The number of nitrogens with zero attached hydrogens (tertiary/aromatic N) is 1. The number of rotatable bonds is 3. The zero-order valence-corrected chi connectivity index (χ0v) is 11.3. The lowest BCUT2D eigenvalue weighted by atomic mass is 9.84. The number of furan rings is 1. The van der Waals surface area contributed by atoms with Crippen molar-refractivity contribution in [3.05, 3.63) is 23.2 Å². The average Bonchev–Trinajstić information content (AvgIpc) is 2.58. The van der Waals surface area contributed by atoms with Crippen molar-refractivity contribution in [1.82, 2.24) is 4.90 Å². The quantitative estimate of drug-likeness (QED) is 0.877. The minimum absolute atomic E-state index is 0.451. The molecule has 3 nitrogen and oxygen atoms in total. The van der Waals surface area contributed by atoms with Crippen LogP contribution < -0.4 is 5.73 Å². The minimum Gasteiger partial charge on any atom is -0.465 e. The standard InChI is InChI=1S/C14H24N2O/c1-11-12(7-13(8-15)17-11)9-16-6-4-5-14(2,3)10-16/h7H,4-6,8-10,15H2,1-3H3. The number of piperidine rings is 1. The van der Waals surface area contributed by atoms with E-state index in [2.05, 4.69) is 24.8 Å².